The molecule has 1 aromatic heterocycles. The van der Waals surface area contributed by atoms with Crippen LogP contribution in [0.1, 0.15) is 5.56 Å². The molecule has 0 spiro atoms. The van der Waals surface area contributed by atoms with Gasteiger partial charge in [0, 0.05) is 6.54 Å². The van der Waals surface area contributed by atoms with Crippen LogP contribution in [0.15, 0.2) is 64.2 Å². The first-order valence-electron chi connectivity index (χ1n) is 8.90. The molecule has 3 aromatic rings. The number of hydrogen-bond donors (Lipinski definition) is 1. The Kier molecular flexibility index (Phi) is 5.60. The molecule has 0 atom stereocenters. The molecule has 0 saturated heterocycles. The molecule has 2 heterocycles. The summed E-state index contributed by atoms with van der Waals surface area (Å²) in [7, 11) is -3.98. The Balaban J connectivity index is 1.51. The van der Waals surface area contributed by atoms with Crippen LogP contribution in [0.5, 0.6) is 11.5 Å². The molecule has 0 saturated carbocycles. The summed E-state index contributed by atoms with van der Waals surface area (Å²) in [5, 5.41) is 4.34. The van der Waals surface area contributed by atoms with Crippen molar-refractivity contribution in [1.29, 1.82) is 0 Å². The van der Waals surface area contributed by atoms with Crippen molar-refractivity contribution >= 4 is 33.0 Å². The molecule has 2 aromatic carbocycles. The van der Waals surface area contributed by atoms with E-state index >= 15 is 0 Å². The minimum atomic E-state index is -3.98. The molecule has 30 heavy (non-hydrogen) atoms. The molecule has 1 aliphatic heterocycles. The molecule has 1 amide bonds. The van der Waals surface area contributed by atoms with Gasteiger partial charge in [-0.3, -0.25) is 9.10 Å². The van der Waals surface area contributed by atoms with Crippen LogP contribution < -0.4 is 19.1 Å². The Bertz CT molecular complexity index is 1150. The number of ether oxygens (including phenoxy) is 2. The SMILES string of the molecule is O=C(CN(c1ccc(F)cc1)S(=O)(=O)c1cccs1)NCc1ccc2c(c1)OCO2. The second-order valence-electron chi connectivity index (χ2n) is 6.38. The standard InChI is InChI=1S/C20H17FN2O5S2/c21-15-4-6-16(7-5-15)23(30(25,26)20-2-1-9-29-20)12-19(24)22-11-14-3-8-17-18(10-14)28-13-27-17/h1-10H,11-13H2,(H,22,24). The Hall–Kier alpha value is -3.11. The molecule has 0 fully saturated rings. The number of anilines is 1. The fourth-order valence-corrected chi connectivity index (χ4v) is 5.40. The number of thiophene rings is 1. The number of carbonyl (C=O) groups excluding carboxylic acids is 1. The van der Waals surface area contributed by atoms with Crippen LogP contribution in [0.25, 0.3) is 0 Å². The Morgan fingerprint density at radius 3 is 2.60 bits per heavy atom. The number of halogens is 1. The Morgan fingerprint density at radius 1 is 1.10 bits per heavy atom. The quantitative estimate of drug-likeness (QED) is 0.600. The summed E-state index contributed by atoms with van der Waals surface area (Å²) in [6.07, 6.45) is 0. The lowest BCUT2D eigenvalue weighted by molar-refractivity contribution is -0.119. The smallest absolute Gasteiger partial charge is 0.274 e. The number of nitrogens with zero attached hydrogens (tertiary/aromatic N) is 1. The van der Waals surface area contributed by atoms with Crippen LogP contribution in [0.3, 0.4) is 0 Å². The Morgan fingerprint density at radius 2 is 1.87 bits per heavy atom. The van der Waals surface area contributed by atoms with Gasteiger partial charge in [0.2, 0.25) is 12.7 Å². The topological polar surface area (TPSA) is 84.9 Å². The van der Waals surface area contributed by atoms with E-state index in [1.54, 1.807) is 29.6 Å². The Labute approximate surface area is 176 Å². The summed E-state index contributed by atoms with van der Waals surface area (Å²) in [4.78, 5) is 12.6. The predicted molar refractivity (Wildman–Crippen MR) is 110 cm³/mol. The third-order valence-electron chi connectivity index (χ3n) is 4.37. The van der Waals surface area contributed by atoms with Crippen LogP contribution in [0.4, 0.5) is 10.1 Å². The molecular formula is C20H17FN2O5S2. The van der Waals surface area contributed by atoms with Gasteiger partial charge in [-0.1, -0.05) is 12.1 Å². The molecule has 0 bridgehead atoms. The summed E-state index contributed by atoms with van der Waals surface area (Å²) < 4.78 is 51.0. The normalized spacial score (nSPS) is 12.6. The van der Waals surface area contributed by atoms with Gasteiger partial charge in [0.1, 0.15) is 16.6 Å². The summed E-state index contributed by atoms with van der Waals surface area (Å²) in [5.41, 5.74) is 0.977. The van der Waals surface area contributed by atoms with Crippen LogP contribution in [-0.4, -0.2) is 27.7 Å². The second kappa shape index (κ2) is 8.33. The van der Waals surface area contributed by atoms with Gasteiger partial charge in [-0.05, 0) is 53.4 Å². The van der Waals surface area contributed by atoms with Crippen molar-refractivity contribution in [2.24, 2.45) is 0 Å². The number of nitrogens with one attached hydrogen (secondary N) is 1. The molecule has 4 rings (SSSR count). The lowest BCUT2D eigenvalue weighted by Gasteiger charge is -2.23. The zero-order chi connectivity index (χ0) is 21.1. The highest BCUT2D eigenvalue weighted by Crippen LogP contribution is 2.32. The van der Waals surface area contributed by atoms with E-state index in [-0.39, 0.29) is 23.2 Å². The van der Waals surface area contributed by atoms with Crippen LogP contribution in [0, 0.1) is 5.82 Å². The highest BCUT2D eigenvalue weighted by atomic mass is 32.2. The molecule has 0 unspecified atom stereocenters. The van der Waals surface area contributed by atoms with E-state index in [4.69, 9.17) is 9.47 Å². The van der Waals surface area contributed by atoms with Gasteiger partial charge in [-0.2, -0.15) is 0 Å². The third-order valence-corrected chi connectivity index (χ3v) is 7.51. The van der Waals surface area contributed by atoms with E-state index in [0.717, 1.165) is 33.3 Å². The fraction of sp³-hybridized carbons (Fsp3) is 0.150. The molecule has 1 aliphatic rings. The highest BCUT2D eigenvalue weighted by Gasteiger charge is 2.28. The van der Waals surface area contributed by atoms with Gasteiger partial charge >= 0.3 is 0 Å². The largest absolute Gasteiger partial charge is 0.454 e. The van der Waals surface area contributed by atoms with Crippen molar-refractivity contribution < 1.29 is 27.1 Å². The monoisotopic (exact) mass is 448 g/mol. The minimum absolute atomic E-state index is 0.0930. The lowest BCUT2D eigenvalue weighted by Crippen LogP contribution is -2.40. The lowest BCUT2D eigenvalue weighted by atomic mass is 10.2. The maximum atomic E-state index is 13.3. The maximum Gasteiger partial charge on any atom is 0.274 e. The molecule has 156 valence electrons. The summed E-state index contributed by atoms with van der Waals surface area (Å²) in [6, 6.07) is 13.3. The van der Waals surface area contributed by atoms with Crippen LogP contribution >= 0.6 is 11.3 Å². The summed E-state index contributed by atoms with van der Waals surface area (Å²) >= 11 is 1.04. The first-order valence-corrected chi connectivity index (χ1v) is 11.2. The van der Waals surface area contributed by atoms with Crippen molar-refractivity contribution in [1.82, 2.24) is 5.32 Å². The average molecular weight is 448 g/mol. The zero-order valence-corrected chi connectivity index (χ0v) is 17.2. The predicted octanol–water partition coefficient (Wildman–Crippen LogP) is 3.13. The van der Waals surface area contributed by atoms with E-state index in [1.807, 2.05) is 0 Å². The van der Waals surface area contributed by atoms with Crippen LogP contribution in [0.2, 0.25) is 0 Å². The number of carbonyl (C=O) groups is 1. The highest BCUT2D eigenvalue weighted by molar-refractivity contribution is 7.94. The zero-order valence-electron chi connectivity index (χ0n) is 15.6. The summed E-state index contributed by atoms with van der Waals surface area (Å²) in [6.45, 7) is -0.111. The molecule has 1 N–H and O–H groups in total. The number of amides is 1. The fourth-order valence-electron chi connectivity index (χ4n) is 2.88. The van der Waals surface area contributed by atoms with Crippen molar-refractivity contribution in [3.05, 3.63) is 71.4 Å². The van der Waals surface area contributed by atoms with E-state index in [0.29, 0.717) is 11.5 Å². The molecular weight excluding hydrogens is 431 g/mol. The number of rotatable bonds is 7. The molecule has 0 aliphatic carbocycles. The van der Waals surface area contributed by atoms with Gasteiger partial charge < -0.3 is 14.8 Å². The maximum absolute atomic E-state index is 13.3. The van der Waals surface area contributed by atoms with Gasteiger partial charge in [-0.15, -0.1) is 11.3 Å². The molecule has 7 nitrogen and oxygen atoms in total. The minimum Gasteiger partial charge on any atom is -0.454 e. The van der Waals surface area contributed by atoms with Crippen LogP contribution in [-0.2, 0) is 21.4 Å². The molecule has 0 radical (unpaired) electrons. The van der Waals surface area contributed by atoms with Crippen molar-refractivity contribution in [2.75, 3.05) is 17.6 Å². The van der Waals surface area contributed by atoms with Gasteiger partial charge in [0.05, 0.1) is 5.69 Å². The van der Waals surface area contributed by atoms with Gasteiger partial charge in [0.15, 0.2) is 11.5 Å². The number of benzene rings is 2. The average Bonchev–Trinajstić information content (AvgIpc) is 3.43. The van der Waals surface area contributed by atoms with E-state index in [9.17, 15) is 17.6 Å². The molecule has 10 heteroatoms. The number of hydrogen-bond acceptors (Lipinski definition) is 6. The van der Waals surface area contributed by atoms with E-state index < -0.39 is 28.3 Å². The van der Waals surface area contributed by atoms with E-state index in [1.165, 1.54) is 18.2 Å². The first-order chi connectivity index (χ1) is 14.4. The van der Waals surface area contributed by atoms with Gasteiger partial charge in [0.25, 0.3) is 10.0 Å². The van der Waals surface area contributed by atoms with Crippen molar-refractivity contribution in [2.45, 2.75) is 10.8 Å². The van der Waals surface area contributed by atoms with Gasteiger partial charge in [-0.25, -0.2) is 12.8 Å². The van der Waals surface area contributed by atoms with Crippen molar-refractivity contribution in [3.63, 3.8) is 0 Å². The van der Waals surface area contributed by atoms with E-state index in [2.05, 4.69) is 5.32 Å². The summed E-state index contributed by atoms with van der Waals surface area (Å²) in [5.74, 6) is 0.223. The van der Waals surface area contributed by atoms with Crippen molar-refractivity contribution in [3.8, 4) is 11.5 Å². The first kappa shape index (κ1) is 20.2. The number of fused-ring (bicyclic) bond motifs is 1. The second-order valence-corrected chi connectivity index (χ2v) is 9.42. The number of sulfonamides is 1. The third kappa shape index (κ3) is 4.24.